The van der Waals surface area contributed by atoms with Gasteiger partial charge in [0.05, 0.1) is 42.7 Å². The molecule has 1 aliphatic heterocycles. The summed E-state index contributed by atoms with van der Waals surface area (Å²) in [6.07, 6.45) is -0.589. The molecule has 2 heterocycles. The molecule has 30 heavy (non-hydrogen) atoms. The van der Waals surface area contributed by atoms with Gasteiger partial charge in [-0.25, -0.2) is 0 Å². The second-order valence-electron chi connectivity index (χ2n) is 6.58. The van der Waals surface area contributed by atoms with Gasteiger partial charge in [-0.15, -0.1) is 0 Å². The van der Waals surface area contributed by atoms with Crippen LogP contribution in [0.25, 0.3) is 6.08 Å². The molecule has 0 saturated heterocycles. The second kappa shape index (κ2) is 8.39. The number of nitrogens with one attached hydrogen (secondary N) is 1. The third-order valence-corrected chi connectivity index (χ3v) is 4.57. The normalized spacial score (nSPS) is 13.9. The molecular formula is C19H18F3N5O3. The van der Waals surface area contributed by atoms with Crippen molar-refractivity contribution >= 4 is 23.8 Å². The fraction of sp³-hybridized carbons (Fsp3) is 0.263. The van der Waals surface area contributed by atoms with Crippen LogP contribution in [0.15, 0.2) is 36.5 Å². The van der Waals surface area contributed by atoms with Gasteiger partial charge in [0.2, 0.25) is 11.8 Å². The van der Waals surface area contributed by atoms with E-state index in [1.54, 1.807) is 4.68 Å². The molecule has 0 radical (unpaired) electrons. The summed E-state index contributed by atoms with van der Waals surface area (Å²) in [5.74, 6) is -1.55. The van der Waals surface area contributed by atoms with E-state index in [0.29, 0.717) is 24.3 Å². The molecule has 0 aliphatic carbocycles. The molecule has 3 N–H and O–H groups in total. The summed E-state index contributed by atoms with van der Waals surface area (Å²) in [6.45, 7) is 0.643. The number of halogens is 3. The summed E-state index contributed by atoms with van der Waals surface area (Å²) in [4.78, 5) is 37.2. The number of hydrogen-bond donors (Lipinski definition) is 2. The van der Waals surface area contributed by atoms with E-state index >= 15 is 0 Å². The average Bonchev–Trinajstić information content (AvgIpc) is 3.13. The van der Waals surface area contributed by atoms with Crippen molar-refractivity contribution in [3.05, 3.63) is 58.9 Å². The maximum atomic E-state index is 12.5. The molecule has 11 heteroatoms. The second-order valence-corrected chi connectivity index (χ2v) is 6.58. The van der Waals surface area contributed by atoms with Crippen molar-refractivity contribution in [1.82, 2.24) is 20.0 Å². The molecule has 0 bridgehead atoms. The summed E-state index contributed by atoms with van der Waals surface area (Å²) in [5.41, 5.74) is 5.71. The molecule has 0 atom stereocenters. The monoisotopic (exact) mass is 421 g/mol. The SMILES string of the molecule is NC(=O)c1cnn2c1CN(C(=O)CNC(=O)/C=C/c1ccc(C(F)(F)F)cc1)CC2. The third kappa shape index (κ3) is 4.85. The Morgan fingerprint density at radius 1 is 1.17 bits per heavy atom. The molecule has 158 valence electrons. The average molecular weight is 421 g/mol. The van der Waals surface area contributed by atoms with Crippen LogP contribution < -0.4 is 11.1 Å². The highest BCUT2D eigenvalue weighted by atomic mass is 19.4. The maximum absolute atomic E-state index is 12.5. The minimum Gasteiger partial charge on any atom is -0.365 e. The van der Waals surface area contributed by atoms with Gasteiger partial charge in [-0.3, -0.25) is 19.1 Å². The molecule has 3 rings (SSSR count). The number of benzene rings is 1. The predicted molar refractivity (Wildman–Crippen MR) is 99.6 cm³/mol. The Hall–Kier alpha value is -3.63. The third-order valence-electron chi connectivity index (χ3n) is 4.57. The fourth-order valence-electron chi connectivity index (χ4n) is 2.95. The number of carbonyl (C=O) groups is 3. The number of carbonyl (C=O) groups excluding carboxylic acids is 3. The number of rotatable bonds is 5. The first-order valence-corrected chi connectivity index (χ1v) is 8.90. The molecule has 1 aliphatic rings. The molecular weight excluding hydrogens is 403 g/mol. The maximum Gasteiger partial charge on any atom is 0.416 e. The van der Waals surface area contributed by atoms with Crippen molar-refractivity contribution in [2.75, 3.05) is 13.1 Å². The van der Waals surface area contributed by atoms with E-state index in [1.165, 1.54) is 29.3 Å². The van der Waals surface area contributed by atoms with Gasteiger partial charge in [-0.05, 0) is 23.8 Å². The molecule has 1 aromatic heterocycles. The molecule has 2 aromatic rings. The van der Waals surface area contributed by atoms with Crippen LogP contribution in [0.4, 0.5) is 13.2 Å². The first kappa shape index (κ1) is 21.1. The largest absolute Gasteiger partial charge is 0.416 e. The zero-order chi connectivity index (χ0) is 21.9. The number of aromatic nitrogens is 2. The van der Waals surface area contributed by atoms with Crippen LogP contribution in [0.1, 0.15) is 27.2 Å². The Morgan fingerprint density at radius 2 is 1.87 bits per heavy atom. The summed E-state index contributed by atoms with van der Waals surface area (Å²) >= 11 is 0. The quantitative estimate of drug-likeness (QED) is 0.706. The van der Waals surface area contributed by atoms with Crippen LogP contribution in [0.2, 0.25) is 0 Å². The van der Waals surface area contributed by atoms with Crippen molar-refractivity contribution in [3.8, 4) is 0 Å². The minimum atomic E-state index is -4.43. The molecule has 0 spiro atoms. The standard InChI is InChI=1S/C19H18F3N5O3/c20-19(21,22)13-4-1-12(2-5-13)3-6-16(28)24-10-17(29)26-7-8-27-15(11-26)14(9-25-27)18(23)30/h1-6,9H,7-8,10-11H2,(H2,23,30)(H,24,28)/b6-3+. The van der Waals surface area contributed by atoms with Crippen LogP contribution in [-0.2, 0) is 28.9 Å². The van der Waals surface area contributed by atoms with Crippen LogP contribution >= 0.6 is 0 Å². The van der Waals surface area contributed by atoms with Gasteiger partial charge < -0.3 is 16.0 Å². The smallest absolute Gasteiger partial charge is 0.365 e. The number of nitrogens with two attached hydrogens (primary N) is 1. The lowest BCUT2D eigenvalue weighted by molar-refractivity contribution is -0.137. The molecule has 0 unspecified atom stereocenters. The summed E-state index contributed by atoms with van der Waals surface area (Å²) in [7, 11) is 0. The summed E-state index contributed by atoms with van der Waals surface area (Å²) < 4.78 is 39.2. The van der Waals surface area contributed by atoms with Crippen LogP contribution in [0.5, 0.6) is 0 Å². The fourth-order valence-corrected chi connectivity index (χ4v) is 2.95. The lowest BCUT2D eigenvalue weighted by Gasteiger charge is -2.28. The van der Waals surface area contributed by atoms with E-state index in [4.69, 9.17) is 5.73 Å². The topological polar surface area (TPSA) is 110 Å². The highest BCUT2D eigenvalue weighted by Crippen LogP contribution is 2.29. The molecule has 0 fully saturated rings. The van der Waals surface area contributed by atoms with E-state index in [0.717, 1.165) is 18.2 Å². The summed E-state index contributed by atoms with van der Waals surface area (Å²) in [5, 5.41) is 6.48. The van der Waals surface area contributed by atoms with Crippen LogP contribution in [-0.4, -0.2) is 45.5 Å². The Kier molecular flexibility index (Phi) is 5.90. The first-order chi connectivity index (χ1) is 14.1. The molecule has 3 amide bonds. The zero-order valence-corrected chi connectivity index (χ0v) is 15.6. The van der Waals surface area contributed by atoms with Gasteiger partial charge in [0.25, 0.3) is 5.91 Å². The Morgan fingerprint density at radius 3 is 2.50 bits per heavy atom. The summed E-state index contributed by atoms with van der Waals surface area (Å²) in [6, 6.07) is 4.32. The Bertz CT molecular complexity index is 996. The van der Waals surface area contributed by atoms with Crippen molar-refractivity contribution in [1.29, 1.82) is 0 Å². The van der Waals surface area contributed by atoms with Crippen molar-refractivity contribution < 1.29 is 27.6 Å². The van der Waals surface area contributed by atoms with Gasteiger partial charge in [-0.2, -0.15) is 18.3 Å². The number of primary amides is 1. The number of fused-ring (bicyclic) bond motifs is 1. The van der Waals surface area contributed by atoms with Gasteiger partial charge in [0.1, 0.15) is 0 Å². The number of nitrogens with zero attached hydrogens (tertiary/aromatic N) is 3. The van der Waals surface area contributed by atoms with E-state index in [1.807, 2.05) is 0 Å². The highest BCUT2D eigenvalue weighted by Gasteiger charge is 2.30. The van der Waals surface area contributed by atoms with E-state index in [-0.39, 0.29) is 24.6 Å². The van der Waals surface area contributed by atoms with Gasteiger partial charge in [-0.1, -0.05) is 12.1 Å². The lowest BCUT2D eigenvalue weighted by atomic mass is 10.1. The van der Waals surface area contributed by atoms with Crippen LogP contribution in [0, 0.1) is 0 Å². The van der Waals surface area contributed by atoms with Gasteiger partial charge in [0, 0.05) is 12.6 Å². The van der Waals surface area contributed by atoms with Crippen molar-refractivity contribution in [3.63, 3.8) is 0 Å². The van der Waals surface area contributed by atoms with E-state index < -0.39 is 23.6 Å². The van der Waals surface area contributed by atoms with E-state index in [9.17, 15) is 27.6 Å². The van der Waals surface area contributed by atoms with E-state index in [2.05, 4.69) is 10.4 Å². The van der Waals surface area contributed by atoms with Gasteiger partial charge in [0.15, 0.2) is 0 Å². The highest BCUT2D eigenvalue weighted by molar-refractivity contribution is 5.95. The molecule has 1 aromatic carbocycles. The van der Waals surface area contributed by atoms with Crippen LogP contribution in [0.3, 0.4) is 0 Å². The minimum absolute atomic E-state index is 0.147. The van der Waals surface area contributed by atoms with Crippen molar-refractivity contribution in [2.24, 2.45) is 5.73 Å². The lowest BCUT2D eigenvalue weighted by Crippen LogP contribution is -2.44. The molecule has 0 saturated carbocycles. The Labute approximate surface area is 169 Å². The molecule has 8 nitrogen and oxygen atoms in total. The number of amides is 3. The van der Waals surface area contributed by atoms with Gasteiger partial charge >= 0.3 is 6.18 Å². The Balaban J connectivity index is 1.52. The zero-order valence-electron chi connectivity index (χ0n) is 15.6. The first-order valence-electron chi connectivity index (χ1n) is 8.90. The number of hydrogen-bond acceptors (Lipinski definition) is 4. The van der Waals surface area contributed by atoms with Crippen molar-refractivity contribution in [2.45, 2.75) is 19.3 Å². The number of alkyl halides is 3. The predicted octanol–water partition coefficient (Wildman–Crippen LogP) is 1.17.